The molecule has 0 atom stereocenters. The van der Waals surface area contributed by atoms with E-state index >= 15 is 0 Å². The number of hydrogen-bond acceptors (Lipinski definition) is 3. The summed E-state index contributed by atoms with van der Waals surface area (Å²) in [5, 5.41) is 7.08. The van der Waals surface area contributed by atoms with Gasteiger partial charge >= 0.3 is 0 Å². The van der Waals surface area contributed by atoms with Crippen molar-refractivity contribution in [3.05, 3.63) is 11.4 Å². The van der Waals surface area contributed by atoms with Crippen molar-refractivity contribution in [1.29, 1.82) is 0 Å². The second-order valence-electron chi connectivity index (χ2n) is 4.88. The molecule has 90 valence electrons. The molecule has 1 heterocycles. The summed E-state index contributed by atoms with van der Waals surface area (Å²) in [5.41, 5.74) is 7.85. The van der Waals surface area contributed by atoms with Gasteiger partial charge in [0.1, 0.15) is 0 Å². The van der Waals surface area contributed by atoms with E-state index in [2.05, 4.69) is 10.4 Å². The van der Waals surface area contributed by atoms with E-state index in [9.17, 15) is 4.79 Å². The maximum atomic E-state index is 11.7. The molecule has 0 radical (unpaired) electrons. The van der Waals surface area contributed by atoms with Crippen molar-refractivity contribution in [2.24, 2.45) is 12.8 Å². The van der Waals surface area contributed by atoms with Crippen LogP contribution in [0.15, 0.2) is 0 Å². The summed E-state index contributed by atoms with van der Waals surface area (Å²) in [5.74, 6) is -0.0771. The van der Waals surface area contributed by atoms with Crippen molar-refractivity contribution in [2.45, 2.75) is 39.7 Å². The van der Waals surface area contributed by atoms with E-state index in [4.69, 9.17) is 5.73 Å². The molecule has 3 N–H and O–H groups in total. The average molecular weight is 224 g/mol. The molecule has 1 aromatic rings. The molecule has 0 spiro atoms. The second kappa shape index (κ2) is 4.25. The van der Waals surface area contributed by atoms with Crippen LogP contribution in [0.3, 0.4) is 0 Å². The van der Waals surface area contributed by atoms with E-state index in [-0.39, 0.29) is 5.91 Å². The highest BCUT2D eigenvalue weighted by Gasteiger charge is 2.18. The van der Waals surface area contributed by atoms with Crippen LogP contribution in [0.1, 0.15) is 31.7 Å². The Labute approximate surface area is 96.0 Å². The van der Waals surface area contributed by atoms with Gasteiger partial charge in [-0.2, -0.15) is 5.10 Å². The number of rotatable bonds is 3. The summed E-state index contributed by atoms with van der Waals surface area (Å²) < 4.78 is 1.75. The predicted octanol–water partition coefficient (Wildman–Crippen LogP) is 1.10. The lowest BCUT2D eigenvalue weighted by Crippen LogP contribution is -2.36. The molecule has 0 fully saturated rings. The monoisotopic (exact) mass is 224 g/mol. The second-order valence-corrected chi connectivity index (χ2v) is 4.88. The van der Waals surface area contributed by atoms with Crippen molar-refractivity contribution in [3.8, 4) is 0 Å². The zero-order valence-corrected chi connectivity index (χ0v) is 10.6. The molecule has 0 aliphatic heterocycles. The Bertz CT molecular complexity index is 401. The first-order chi connectivity index (χ1) is 7.20. The van der Waals surface area contributed by atoms with Gasteiger partial charge in [-0.3, -0.25) is 9.48 Å². The lowest BCUT2D eigenvalue weighted by atomic mass is 10.0. The number of aromatic nitrogens is 2. The van der Waals surface area contributed by atoms with Gasteiger partial charge in [0.15, 0.2) is 0 Å². The van der Waals surface area contributed by atoms with Crippen molar-refractivity contribution in [2.75, 3.05) is 5.32 Å². The lowest BCUT2D eigenvalue weighted by molar-refractivity contribution is -0.117. The van der Waals surface area contributed by atoms with Gasteiger partial charge in [0, 0.05) is 19.0 Å². The molecular weight excluding hydrogens is 204 g/mol. The summed E-state index contributed by atoms with van der Waals surface area (Å²) in [4.78, 5) is 11.7. The quantitative estimate of drug-likeness (QED) is 0.807. The van der Waals surface area contributed by atoms with Gasteiger partial charge in [0.25, 0.3) is 0 Å². The summed E-state index contributed by atoms with van der Waals surface area (Å²) in [6.45, 7) is 7.45. The largest absolute Gasteiger partial charge is 0.325 e. The van der Waals surface area contributed by atoms with Gasteiger partial charge in [-0.25, -0.2) is 0 Å². The lowest BCUT2D eigenvalue weighted by Gasteiger charge is -2.17. The molecule has 0 aliphatic rings. The number of aryl methyl sites for hydroxylation is 2. The Balaban J connectivity index is 2.78. The number of anilines is 1. The van der Waals surface area contributed by atoms with E-state index in [1.807, 2.05) is 34.7 Å². The van der Waals surface area contributed by atoms with Crippen LogP contribution in [0.2, 0.25) is 0 Å². The highest BCUT2D eigenvalue weighted by atomic mass is 16.1. The topological polar surface area (TPSA) is 72.9 Å². The van der Waals surface area contributed by atoms with Gasteiger partial charge in [0.2, 0.25) is 5.91 Å². The fraction of sp³-hybridized carbons (Fsp3) is 0.636. The molecule has 0 saturated carbocycles. The molecule has 5 heteroatoms. The van der Waals surface area contributed by atoms with Crippen molar-refractivity contribution >= 4 is 11.6 Å². The SMILES string of the molecule is Cc1nn(C)c(C)c1NC(=O)CC(C)(C)N. The Hall–Kier alpha value is -1.36. The fourth-order valence-electron chi connectivity index (χ4n) is 1.55. The maximum Gasteiger partial charge on any atom is 0.226 e. The van der Waals surface area contributed by atoms with Crippen molar-refractivity contribution in [1.82, 2.24) is 9.78 Å². The molecule has 0 saturated heterocycles. The predicted molar refractivity (Wildman–Crippen MR) is 64.2 cm³/mol. The molecule has 0 aromatic carbocycles. The minimum atomic E-state index is -0.492. The highest BCUT2D eigenvalue weighted by Crippen LogP contribution is 2.19. The normalized spacial score (nSPS) is 11.6. The van der Waals surface area contributed by atoms with Crippen LogP contribution in [0.4, 0.5) is 5.69 Å². The van der Waals surface area contributed by atoms with Crippen LogP contribution in [-0.2, 0) is 11.8 Å². The molecule has 5 nitrogen and oxygen atoms in total. The standard InChI is InChI=1S/C11H20N4O/c1-7-10(8(2)15(5)14-7)13-9(16)6-11(3,4)12/h6,12H2,1-5H3,(H,13,16). The van der Waals surface area contributed by atoms with E-state index in [1.165, 1.54) is 0 Å². The third-order valence-corrected chi connectivity index (χ3v) is 2.39. The molecule has 16 heavy (non-hydrogen) atoms. The molecule has 0 unspecified atom stereocenters. The Kier molecular flexibility index (Phi) is 3.38. The number of carbonyl (C=O) groups is 1. The maximum absolute atomic E-state index is 11.7. The number of amides is 1. The summed E-state index contributed by atoms with van der Waals surface area (Å²) in [7, 11) is 1.85. The van der Waals surface area contributed by atoms with E-state index < -0.39 is 5.54 Å². The molecule has 1 amide bonds. The number of hydrogen-bond donors (Lipinski definition) is 2. The van der Waals surface area contributed by atoms with Crippen LogP contribution >= 0.6 is 0 Å². The molecule has 0 aliphatic carbocycles. The first kappa shape index (κ1) is 12.7. The summed E-state index contributed by atoms with van der Waals surface area (Å²) >= 11 is 0. The molecule has 1 rings (SSSR count). The smallest absolute Gasteiger partial charge is 0.226 e. The Morgan fingerprint density at radius 1 is 1.50 bits per heavy atom. The Morgan fingerprint density at radius 3 is 2.44 bits per heavy atom. The van der Waals surface area contributed by atoms with Crippen LogP contribution in [0.25, 0.3) is 0 Å². The minimum absolute atomic E-state index is 0.0771. The van der Waals surface area contributed by atoms with E-state index in [1.54, 1.807) is 4.68 Å². The minimum Gasteiger partial charge on any atom is -0.325 e. The van der Waals surface area contributed by atoms with Gasteiger partial charge in [-0.1, -0.05) is 0 Å². The summed E-state index contributed by atoms with van der Waals surface area (Å²) in [6, 6.07) is 0. The third-order valence-electron chi connectivity index (χ3n) is 2.39. The first-order valence-electron chi connectivity index (χ1n) is 5.29. The van der Waals surface area contributed by atoms with Gasteiger partial charge in [-0.05, 0) is 27.7 Å². The van der Waals surface area contributed by atoms with Crippen LogP contribution in [0, 0.1) is 13.8 Å². The van der Waals surface area contributed by atoms with Crippen LogP contribution < -0.4 is 11.1 Å². The molecule has 0 bridgehead atoms. The number of carbonyl (C=O) groups excluding carboxylic acids is 1. The fourth-order valence-corrected chi connectivity index (χ4v) is 1.55. The van der Waals surface area contributed by atoms with Crippen molar-refractivity contribution in [3.63, 3.8) is 0 Å². The summed E-state index contributed by atoms with van der Waals surface area (Å²) in [6.07, 6.45) is 0.292. The zero-order valence-electron chi connectivity index (χ0n) is 10.6. The van der Waals surface area contributed by atoms with Crippen molar-refractivity contribution < 1.29 is 4.79 Å². The number of nitrogens with two attached hydrogens (primary N) is 1. The van der Waals surface area contributed by atoms with Gasteiger partial charge in [0.05, 0.1) is 17.1 Å². The molecular formula is C11H20N4O. The third kappa shape index (κ3) is 3.06. The molecule has 1 aromatic heterocycles. The zero-order chi connectivity index (χ0) is 12.5. The highest BCUT2D eigenvalue weighted by molar-refractivity contribution is 5.92. The average Bonchev–Trinajstić information content (AvgIpc) is 2.29. The number of nitrogens with one attached hydrogen (secondary N) is 1. The van der Waals surface area contributed by atoms with E-state index in [0.717, 1.165) is 17.1 Å². The van der Waals surface area contributed by atoms with Gasteiger partial charge < -0.3 is 11.1 Å². The van der Waals surface area contributed by atoms with Crippen LogP contribution in [-0.4, -0.2) is 21.2 Å². The first-order valence-corrected chi connectivity index (χ1v) is 5.29. The van der Waals surface area contributed by atoms with Gasteiger partial charge in [-0.15, -0.1) is 0 Å². The van der Waals surface area contributed by atoms with Crippen LogP contribution in [0.5, 0.6) is 0 Å². The Morgan fingerprint density at radius 2 is 2.06 bits per heavy atom. The number of nitrogens with zero attached hydrogens (tertiary/aromatic N) is 2. The van der Waals surface area contributed by atoms with E-state index in [0.29, 0.717) is 6.42 Å².